The van der Waals surface area contributed by atoms with Crippen molar-refractivity contribution < 1.29 is 14.3 Å². The molecule has 0 aromatic heterocycles. The highest BCUT2D eigenvalue weighted by atomic mass is 79.9. The summed E-state index contributed by atoms with van der Waals surface area (Å²) in [4.78, 5) is 11.1. The molecule has 0 atom stereocenters. The van der Waals surface area contributed by atoms with Crippen LogP contribution in [0.5, 0.6) is 11.5 Å². The van der Waals surface area contributed by atoms with Gasteiger partial charge in [0.05, 0.1) is 11.1 Å². The lowest BCUT2D eigenvalue weighted by molar-refractivity contribution is -0.114. The standard InChI is InChI=1S/C25H27BrN2O3/c1-4-30-24-14-19(15-27-21-9-11-22(12-10-21)28-18(3)29)13-23(26)25(24)31-16-20-8-6-5-7-17(20)2/h5-14,27H,4,15-16H2,1-3H3,(H,28,29). The molecule has 6 heteroatoms. The minimum Gasteiger partial charge on any atom is -0.490 e. The van der Waals surface area contributed by atoms with Crippen LogP contribution in [0.25, 0.3) is 0 Å². The van der Waals surface area contributed by atoms with Gasteiger partial charge in [0, 0.05) is 24.8 Å². The van der Waals surface area contributed by atoms with Gasteiger partial charge in [0.25, 0.3) is 0 Å². The lowest BCUT2D eigenvalue weighted by atomic mass is 10.1. The lowest BCUT2D eigenvalue weighted by Gasteiger charge is -2.17. The van der Waals surface area contributed by atoms with Crippen LogP contribution < -0.4 is 20.1 Å². The first-order valence-electron chi connectivity index (χ1n) is 10.2. The number of rotatable bonds is 9. The normalized spacial score (nSPS) is 10.5. The average molecular weight is 483 g/mol. The van der Waals surface area contributed by atoms with Crippen LogP contribution >= 0.6 is 15.9 Å². The molecule has 0 aliphatic carbocycles. The molecule has 0 saturated carbocycles. The van der Waals surface area contributed by atoms with Crippen molar-refractivity contribution >= 4 is 33.2 Å². The number of anilines is 2. The van der Waals surface area contributed by atoms with Crippen molar-refractivity contribution in [3.05, 3.63) is 81.8 Å². The van der Waals surface area contributed by atoms with Gasteiger partial charge in [-0.05, 0) is 82.9 Å². The molecular formula is C25H27BrN2O3. The number of benzene rings is 3. The second kappa shape index (κ2) is 10.9. The number of amides is 1. The lowest BCUT2D eigenvalue weighted by Crippen LogP contribution is -2.06. The zero-order valence-corrected chi connectivity index (χ0v) is 19.6. The maximum Gasteiger partial charge on any atom is 0.221 e. The van der Waals surface area contributed by atoms with Gasteiger partial charge in [-0.2, -0.15) is 0 Å². The van der Waals surface area contributed by atoms with Gasteiger partial charge < -0.3 is 20.1 Å². The molecule has 5 nitrogen and oxygen atoms in total. The maximum absolute atomic E-state index is 11.1. The number of aryl methyl sites for hydroxylation is 1. The van der Waals surface area contributed by atoms with Crippen molar-refractivity contribution in [2.75, 3.05) is 17.2 Å². The van der Waals surface area contributed by atoms with Crippen molar-refractivity contribution in [3.63, 3.8) is 0 Å². The van der Waals surface area contributed by atoms with E-state index in [0.29, 0.717) is 31.3 Å². The number of hydrogen-bond acceptors (Lipinski definition) is 4. The molecule has 0 spiro atoms. The Labute approximate surface area is 191 Å². The second-order valence-corrected chi connectivity index (χ2v) is 8.02. The van der Waals surface area contributed by atoms with E-state index in [2.05, 4.69) is 45.6 Å². The van der Waals surface area contributed by atoms with E-state index in [4.69, 9.17) is 9.47 Å². The van der Waals surface area contributed by atoms with Crippen LogP contribution in [0.1, 0.15) is 30.5 Å². The quantitative estimate of drug-likeness (QED) is 0.375. The topological polar surface area (TPSA) is 59.6 Å². The molecule has 0 fully saturated rings. The Hall–Kier alpha value is -2.99. The van der Waals surface area contributed by atoms with E-state index in [-0.39, 0.29) is 5.91 Å². The van der Waals surface area contributed by atoms with Crippen LogP contribution in [-0.2, 0) is 17.9 Å². The predicted octanol–water partition coefficient (Wildman–Crippen LogP) is 6.31. The summed E-state index contributed by atoms with van der Waals surface area (Å²) in [6, 6.07) is 19.8. The molecule has 162 valence electrons. The van der Waals surface area contributed by atoms with Gasteiger partial charge in [-0.3, -0.25) is 4.79 Å². The van der Waals surface area contributed by atoms with Crippen molar-refractivity contribution in [3.8, 4) is 11.5 Å². The molecule has 0 aliphatic rings. The number of hydrogen-bond donors (Lipinski definition) is 2. The Morgan fingerprint density at radius 3 is 2.39 bits per heavy atom. The molecule has 3 rings (SSSR count). The molecule has 0 radical (unpaired) electrons. The fraction of sp³-hybridized carbons (Fsp3) is 0.240. The summed E-state index contributed by atoms with van der Waals surface area (Å²) in [5, 5.41) is 6.16. The van der Waals surface area contributed by atoms with E-state index >= 15 is 0 Å². The number of carbonyl (C=O) groups is 1. The highest BCUT2D eigenvalue weighted by Crippen LogP contribution is 2.38. The van der Waals surface area contributed by atoms with E-state index in [0.717, 1.165) is 27.0 Å². The van der Waals surface area contributed by atoms with Crippen molar-refractivity contribution in [2.45, 2.75) is 33.9 Å². The SMILES string of the molecule is CCOc1cc(CNc2ccc(NC(C)=O)cc2)cc(Br)c1OCc1ccccc1C. The third kappa shape index (κ3) is 6.49. The molecule has 1 amide bonds. The first kappa shape index (κ1) is 22.7. The van der Waals surface area contributed by atoms with Gasteiger partial charge in [0.15, 0.2) is 11.5 Å². The smallest absolute Gasteiger partial charge is 0.221 e. The predicted molar refractivity (Wildman–Crippen MR) is 129 cm³/mol. The zero-order chi connectivity index (χ0) is 22.2. The molecule has 0 bridgehead atoms. The summed E-state index contributed by atoms with van der Waals surface area (Å²) in [6.45, 7) is 7.18. The molecule has 2 N–H and O–H groups in total. The van der Waals surface area contributed by atoms with E-state index < -0.39 is 0 Å². The van der Waals surface area contributed by atoms with Crippen LogP contribution in [0.3, 0.4) is 0 Å². The van der Waals surface area contributed by atoms with Crippen LogP contribution in [0.15, 0.2) is 65.1 Å². The highest BCUT2D eigenvalue weighted by molar-refractivity contribution is 9.10. The van der Waals surface area contributed by atoms with E-state index in [1.54, 1.807) is 0 Å². The fourth-order valence-corrected chi connectivity index (χ4v) is 3.73. The summed E-state index contributed by atoms with van der Waals surface area (Å²) in [5.41, 5.74) is 5.13. The van der Waals surface area contributed by atoms with Crippen molar-refractivity contribution in [1.29, 1.82) is 0 Å². The molecule has 0 saturated heterocycles. The monoisotopic (exact) mass is 482 g/mol. The molecule has 31 heavy (non-hydrogen) atoms. The molecule has 3 aromatic carbocycles. The Kier molecular flexibility index (Phi) is 7.95. The highest BCUT2D eigenvalue weighted by Gasteiger charge is 2.13. The van der Waals surface area contributed by atoms with Gasteiger partial charge in [-0.1, -0.05) is 24.3 Å². The number of ether oxygens (including phenoxy) is 2. The Balaban J connectivity index is 1.70. The van der Waals surface area contributed by atoms with Gasteiger partial charge in [-0.15, -0.1) is 0 Å². The van der Waals surface area contributed by atoms with Gasteiger partial charge in [0.1, 0.15) is 6.61 Å². The fourth-order valence-electron chi connectivity index (χ4n) is 3.13. The largest absolute Gasteiger partial charge is 0.490 e. The van der Waals surface area contributed by atoms with E-state index in [1.165, 1.54) is 12.5 Å². The summed E-state index contributed by atoms with van der Waals surface area (Å²) < 4.78 is 12.8. The molecule has 0 aliphatic heterocycles. The second-order valence-electron chi connectivity index (χ2n) is 7.17. The summed E-state index contributed by atoms with van der Waals surface area (Å²) in [6.07, 6.45) is 0. The average Bonchev–Trinajstić information content (AvgIpc) is 2.73. The Morgan fingerprint density at radius 1 is 1.00 bits per heavy atom. The maximum atomic E-state index is 11.1. The summed E-state index contributed by atoms with van der Waals surface area (Å²) in [7, 11) is 0. The van der Waals surface area contributed by atoms with Crippen molar-refractivity contribution in [1.82, 2.24) is 0 Å². The molecular weight excluding hydrogens is 456 g/mol. The number of halogens is 1. The molecule has 3 aromatic rings. The van der Waals surface area contributed by atoms with Crippen LogP contribution in [0, 0.1) is 6.92 Å². The molecule has 0 unspecified atom stereocenters. The zero-order valence-electron chi connectivity index (χ0n) is 18.0. The third-order valence-corrected chi connectivity index (χ3v) is 5.29. The first-order chi connectivity index (χ1) is 15.0. The summed E-state index contributed by atoms with van der Waals surface area (Å²) in [5.74, 6) is 1.33. The Morgan fingerprint density at radius 2 is 1.71 bits per heavy atom. The van der Waals surface area contributed by atoms with E-state index in [1.807, 2.05) is 55.5 Å². The number of nitrogens with one attached hydrogen (secondary N) is 2. The van der Waals surface area contributed by atoms with E-state index in [9.17, 15) is 4.79 Å². The van der Waals surface area contributed by atoms with Crippen LogP contribution in [0.4, 0.5) is 11.4 Å². The Bertz CT molecular complexity index is 1040. The first-order valence-corrected chi connectivity index (χ1v) is 11.0. The number of carbonyl (C=O) groups excluding carboxylic acids is 1. The van der Waals surface area contributed by atoms with Crippen LogP contribution in [-0.4, -0.2) is 12.5 Å². The van der Waals surface area contributed by atoms with Crippen molar-refractivity contribution in [2.24, 2.45) is 0 Å². The minimum absolute atomic E-state index is 0.0845. The van der Waals surface area contributed by atoms with Gasteiger partial charge in [-0.25, -0.2) is 0 Å². The van der Waals surface area contributed by atoms with Gasteiger partial charge in [0.2, 0.25) is 5.91 Å². The molecule has 0 heterocycles. The van der Waals surface area contributed by atoms with Gasteiger partial charge >= 0.3 is 0 Å². The summed E-state index contributed by atoms with van der Waals surface area (Å²) >= 11 is 3.65. The third-order valence-electron chi connectivity index (χ3n) is 4.70. The van der Waals surface area contributed by atoms with Crippen LogP contribution in [0.2, 0.25) is 0 Å². The minimum atomic E-state index is -0.0845.